The van der Waals surface area contributed by atoms with E-state index in [0.717, 1.165) is 24.0 Å². The minimum Gasteiger partial charge on any atom is -0.490 e. The molecule has 0 bridgehead atoms. The fourth-order valence-corrected chi connectivity index (χ4v) is 3.00. The van der Waals surface area contributed by atoms with E-state index >= 15 is 0 Å². The Morgan fingerprint density at radius 2 is 1.93 bits per heavy atom. The van der Waals surface area contributed by atoms with E-state index in [1.807, 2.05) is 45.2 Å². The van der Waals surface area contributed by atoms with Crippen LogP contribution in [0.1, 0.15) is 39.2 Å². The summed E-state index contributed by atoms with van der Waals surface area (Å²) >= 11 is 0. The number of rotatable bonds is 5. The number of hydrogen-bond donors (Lipinski definition) is 0. The van der Waals surface area contributed by atoms with Gasteiger partial charge in [0, 0.05) is 18.8 Å². The molecule has 0 aliphatic heterocycles. The maximum atomic E-state index is 12.4. The molecule has 1 amide bonds. The number of likely N-dealkylation sites (N-methyl/N-ethyl adjacent to an activating group) is 1. The Morgan fingerprint density at radius 3 is 2.56 bits per heavy atom. The summed E-state index contributed by atoms with van der Waals surface area (Å²) in [5, 5.41) is 0. The molecule has 2 aromatic rings. The molecule has 27 heavy (non-hydrogen) atoms. The Bertz CT molecular complexity index is 822. The zero-order valence-electron chi connectivity index (χ0n) is 16.8. The normalized spacial score (nSPS) is 15.1. The van der Waals surface area contributed by atoms with Crippen molar-refractivity contribution in [3.8, 4) is 16.9 Å². The number of amides is 1. The molecular formula is C22H28N2O3. The summed E-state index contributed by atoms with van der Waals surface area (Å²) in [5.41, 5.74) is 2.56. The number of ether oxygens (including phenoxy) is 2. The van der Waals surface area contributed by atoms with Crippen molar-refractivity contribution in [1.82, 2.24) is 9.88 Å². The molecule has 144 valence electrons. The van der Waals surface area contributed by atoms with Crippen molar-refractivity contribution in [1.29, 1.82) is 0 Å². The topological polar surface area (TPSA) is 51.7 Å². The summed E-state index contributed by atoms with van der Waals surface area (Å²) in [4.78, 5) is 18.4. The monoisotopic (exact) mass is 368 g/mol. The molecule has 1 saturated carbocycles. The molecule has 0 spiro atoms. The predicted molar refractivity (Wildman–Crippen MR) is 106 cm³/mol. The zero-order chi connectivity index (χ0) is 19.7. The van der Waals surface area contributed by atoms with E-state index in [-0.39, 0.29) is 11.6 Å². The SMILES string of the molecule is Cc1ccccc1-c1cncc(OCC2(N(C)C(=O)OC(C)(C)C)CC2)c1. The van der Waals surface area contributed by atoms with Crippen LogP contribution in [0.4, 0.5) is 4.79 Å². The predicted octanol–water partition coefficient (Wildman–Crippen LogP) is 4.84. The molecule has 0 saturated heterocycles. The van der Waals surface area contributed by atoms with Crippen molar-refractivity contribution in [3.05, 3.63) is 48.3 Å². The van der Waals surface area contributed by atoms with Gasteiger partial charge in [-0.3, -0.25) is 4.98 Å². The van der Waals surface area contributed by atoms with Gasteiger partial charge < -0.3 is 14.4 Å². The molecule has 3 rings (SSSR count). The van der Waals surface area contributed by atoms with Crippen molar-refractivity contribution < 1.29 is 14.3 Å². The molecule has 0 N–H and O–H groups in total. The second-order valence-corrected chi connectivity index (χ2v) is 8.28. The van der Waals surface area contributed by atoms with Gasteiger partial charge in [-0.1, -0.05) is 24.3 Å². The first-order valence-corrected chi connectivity index (χ1v) is 9.31. The Kier molecular flexibility index (Phi) is 5.13. The smallest absolute Gasteiger partial charge is 0.410 e. The van der Waals surface area contributed by atoms with E-state index < -0.39 is 5.60 Å². The molecule has 1 fully saturated rings. The van der Waals surface area contributed by atoms with Crippen LogP contribution < -0.4 is 4.74 Å². The Labute approximate surface area is 161 Å². The summed E-state index contributed by atoms with van der Waals surface area (Å²) in [6.45, 7) is 8.13. The largest absolute Gasteiger partial charge is 0.490 e. The Balaban J connectivity index is 1.68. The standard InChI is InChI=1S/C22H28N2O3/c1-16-8-6-7-9-19(16)17-12-18(14-23-13-17)26-15-22(10-11-22)24(5)20(25)27-21(2,3)4/h6-9,12-14H,10-11,15H2,1-5H3. The zero-order valence-corrected chi connectivity index (χ0v) is 16.8. The molecule has 0 unspecified atom stereocenters. The fraction of sp³-hybridized carbons (Fsp3) is 0.455. The number of pyridine rings is 1. The first-order valence-electron chi connectivity index (χ1n) is 9.31. The molecule has 1 aliphatic carbocycles. The van der Waals surface area contributed by atoms with Crippen LogP contribution in [0.2, 0.25) is 0 Å². The Hall–Kier alpha value is -2.56. The van der Waals surface area contributed by atoms with E-state index in [1.165, 1.54) is 5.56 Å². The molecule has 1 aromatic heterocycles. The van der Waals surface area contributed by atoms with E-state index in [9.17, 15) is 4.79 Å². The first kappa shape index (κ1) is 19.2. The van der Waals surface area contributed by atoms with Crippen molar-refractivity contribution in [2.24, 2.45) is 0 Å². The third-order valence-electron chi connectivity index (χ3n) is 4.88. The first-order chi connectivity index (χ1) is 12.7. The van der Waals surface area contributed by atoms with Crippen LogP contribution in [0.25, 0.3) is 11.1 Å². The molecule has 1 aliphatic rings. The van der Waals surface area contributed by atoms with Crippen molar-refractivity contribution in [2.45, 2.75) is 51.7 Å². The van der Waals surface area contributed by atoms with Crippen LogP contribution in [-0.4, -0.2) is 40.8 Å². The summed E-state index contributed by atoms with van der Waals surface area (Å²) in [7, 11) is 1.78. The number of aryl methyl sites for hydroxylation is 1. The average Bonchev–Trinajstić information content (AvgIpc) is 3.40. The highest BCUT2D eigenvalue weighted by molar-refractivity contribution is 5.69. The van der Waals surface area contributed by atoms with Crippen LogP contribution >= 0.6 is 0 Å². The number of hydrogen-bond acceptors (Lipinski definition) is 4. The minimum atomic E-state index is -0.506. The van der Waals surface area contributed by atoms with Gasteiger partial charge in [-0.05, 0) is 57.7 Å². The van der Waals surface area contributed by atoms with E-state index in [0.29, 0.717) is 12.4 Å². The van der Waals surface area contributed by atoms with Gasteiger partial charge in [0.05, 0.1) is 11.7 Å². The lowest BCUT2D eigenvalue weighted by Gasteiger charge is -2.30. The van der Waals surface area contributed by atoms with Gasteiger partial charge in [-0.2, -0.15) is 0 Å². The second kappa shape index (κ2) is 7.22. The summed E-state index contributed by atoms with van der Waals surface area (Å²) < 4.78 is 11.5. The molecule has 1 aromatic carbocycles. The summed E-state index contributed by atoms with van der Waals surface area (Å²) in [5.74, 6) is 0.708. The average molecular weight is 368 g/mol. The van der Waals surface area contributed by atoms with Gasteiger partial charge in [-0.25, -0.2) is 4.79 Å². The van der Waals surface area contributed by atoms with Gasteiger partial charge in [0.2, 0.25) is 0 Å². The molecule has 5 nitrogen and oxygen atoms in total. The number of carbonyl (C=O) groups is 1. The van der Waals surface area contributed by atoms with Gasteiger partial charge in [-0.15, -0.1) is 0 Å². The van der Waals surface area contributed by atoms with Crippen molar-refractivity contribution in [3.63, 3.8) is 0 Å². The lowest BCUT2D eigenvalue weighted by molar-refractivity contribution is 0.0139. The molecule has 0 atom stereocenters. The molecule has 0 radical (unpaired) electrons. The number of nitrogens with zero attached hydrogens (tertiary/aromatic N) is 2. The molecular weight excluding hydrogens is 340 g/mol. The van der Waals surface area contributed by atoms with E-state index in [4.69, 9.17) is 9.47 Å². The molecule has 5 heteroatoms. The second-order valence-electron chi connectivity index (χ2n) is 8.28. The van der Waals surface area contributed by atoms with E-state index in [2.05, 4.69) is 24.0 Å². The molecule has 1 heterocycles. The number of aromatic nitrogens is 1. The van der Waals surface area contributed by atoms with Gasteiger partial charge >= 0.3 is 6.09 Å². The van der Waals surface area contributed by atoms with Crippen LogP contribution in [0, 0.1) is 6.92 Å². The lowest BCUT2D eigenvalue weighted by atomic mass is 10.0. The van der Waals surface area contributed by atoms with Crippen molar-refractivity contribution in [2.75, 3.05) is 13.7 Å². The maximum absolute atomic E-state index is 12.4. The number of benzene rings is 1. The highest BCUT2D eigenvalue weighted by Gasteiger charge is 2.50. The lowest BCUT2D eigenvalue weighted by Crippen LogP contribution is -2.45. The van der Waals surface area contributed by atoms with E-state index in [1.54, 1.807) is 18.1 Å². The number of carbonyl (C=O) groups excluding carboxylic acids is 1. The van der Waals surface area contributed by atoms with Crippen LogP contribution in [0.15, 0.2) is 42.7 Å². The Morgan fingerprint density at radius 1 is 1.22 bits per heavy atom. The van der Waals surface area contributed by atoms with Crippen molar-refractivity contribution >= 4 is 6.09 Å². The summed E-state index contributed by atoms with van der Waals surface area (Å²) in [6.07, 6.45) is 5.07. The van der Waals surface area contributed by atoms with Gasteiger partial charge in [0.15, 0.2) is 0 Å². The third-order valence-corrected chi connectivity index (χ3v) is 4.88. The highest BCUT2D eigenvalue weighted by atomic mass is 16.6. The van der Waals surface area contributed by atoms with Crippen LogP contribution in [0.5, 0.6) is 5.75 Å². The van der Waals surface area contributed by atoms with Crippen LogP contribution in [0.3, 0.4) is 0 Å². The van der Waals surface area contributed by atoms with Gasteiger partial charge in [0.25, 0.3) is 0 Å². The maximum Gasteiger partial charge on any atom is 0.410 e. The summed E-state index contributed by atoms with van der Waals surface area (Å²) in [6, 6.07) is 10.2. The third kappa shape index (κ3) is 4.59. The minimum absolute atomic E-state index is 0.291. The van der Waals surface area contributed by atoms with Gasteiger partial charge in [0.1, 0.15) is 18.0 Å². The quantitative estimate of drug-likeness (QED) is 0.758. The fourth-order valence-electron chi connectivity index (χ4n) is 3.00. The van der Waals surface area contributed by atoms with Crippen LogP contribution in [-0.2, 0) is 4.74 Å². The highest BCUT2D eigenvalue weighted by Crippen LogP contribution is 2.42.